The number of nitrogens with zero attached hydrogens (tertiary/aromatic N) is 4. The number of hydrogen-bond donors (Lipinski definition) is 5. The van der Waals surface area contributed by atoms with Crippen LogP contribution < -0.4 is 26.6 Å². The van der Waals surface area contributed by atoms with Gasteiger partial charge >= 0.3 is 6.03 Å². The minimum absolute atomic E-state index is 0.233. The molecule has 1 aromatic heterocycles. The minimum atomic E-state index is -0.357. The predicted octanol–water partition coefficient (Wildman–Crippen LogP) is 6.75. The highest BCUT2D eigenvalue weighted by Crippen LogP contribution is 2.38. The van der Waals surface area contributed by atoms with E-state index < -0.39 is 0 Å². The van der Waals surface area contributed by atoms with Crippen LogP contribution in [0.5, 0.6) is 5.75 Å². The van der Waals surface area contributed by atoms with Gasteiger partial charge in [0.15, 0.2) is 0 Å². The third kappa shape index (κ3) is 9.50. The number of likely N-dealkylation sites (tertiary alicyclic amines) is 2. The van der Waals surface area contributed by atoms with E-state index in [0.29, 0.717) is 36.1 Å². The summed E-state index contributed by atoms with van der Waals surface area (Å²) in [5, 5.41) is 23.4. The number of carbonyl (C=O) groups is 1. The largest absolute Gasteiger partial charge is 0.484 e. The predicted molar refractivity (Wildman–Crippen MR) is 207 cm³/mol. The molecule has 2 saturated heterocycles. The Labute approximate surface area is 308 Å². The summed E-state index contributed by atoms with van der Waals surface area (Å²) in [6.07, 6.45) is 11.4. The number of carbonyl (C=O) groups excluding carboxylic acids is 1. The molecule has 6 N–H and O–H groups in total. The molecule has 3 aliphatic rings. The molecule has 2 aliphatic heterocycles. The topological polar surface area (TPSA) is 148 Å². The van der Waals surface area contributed by atoms with E-state index in [2.05, 4.69) is 27.7 Å². The zero-order valence-electron chi connectivity index (χ0n) is 31.0. The summed E-state index contributed by atoms with van der Waals surface area (Å²) in [7, 11) is 0. The van der Waals surface area contributed by atoms with Crippen molar-refractivity contribution in [2.75, 3.05) is 32.7 Å². The molecule has 2 unspecified atom stereocenters. The van der Waals surface area contributed by atoms with Crippen molar-refractivity contribution in [1.29, 1.82) is 10.8 Å². The first-order chi connectivity index (χ1) is 25.0. The molecule has 0 saturated carbocycles. The fourth-order valence-corrected chi connectivity index (χ4v) is 7.16. The minimum Gasteiger partial charge on any atom is -0.484 e. The van der Waals surface area contributed by atoms with Crippen LogP contribution in [0, 0.1) is 16.2 Å². The molecule has 276 valence electrons. The van der Waals surface area contributed by atoms with E-state index in [1.165, 1.54) is 37.9 Å². The lowest BCUT2D eigenvalue weighted by Gasteiger charge is -2.33. The number of aliphatic imine (C=N–C) groups is 1. The van der Waals surface area contributed by atoms with Crippen LogP contribution in [-0.4, -0.2) is 64.9 Å². The second-order valence-electron chi connectivity index (χ2n) is 15.3. The Balaban J connectivity index is 1.16. The lowest BCUT2D eigenvalue weighted by Crippen LogP contribution is -2.43. The lowest BCUT2D eigenvalue weighted by molar-refractivity contribution is 0.171. The molecule has 3 aromatic rings. The number of rotatable bonds is 8. The van der Waals surface area contributed by atoms with E-state index in [1.807, 2.05) is 62.1 Å². The van der Waals surface area contributed by atoms with Crippen LogP contribution in [0.25, 0.3) is 0 Å². The number of amides is 2. The molecule has 2 atom stereocenters. The van der Waals surface area contributed by atoms with Crippen LogP contribution in [0.3, 0.4) is 0 Å². The summed E-state index contributed by atoms with van der Waals surface area (Å²) >= 11 is 0. The number of benzene rings is 2. The van der Waals surface area contributed by atoms with Crippen molar-refractivity contribution < 1.29 is 9.53 Å². The maximum Gasteiger partial charge on any atom is 0.320 e. The van der Waals surface area contributed by atoms with Gasteiger partial charge in [-0.05, 0) is 105 Å². The Morgan fingerprint density at radius 1 is 0.962 bits per heavy atom. The molecule has 11 nitrogen and oxygen atoms in total. The van der Waals surface area contributed by atoms with Crippen molar-refractivity contribution >= 4 is 23.5 Å². The van der Waals surface area contributed by atoms with E-state index >= 15 is 0 Å². The van der Waals surface area contributed by atoms with Gasteiger partial charge in [0.25, 0.3) is 0 Å². The van der Waals surface area contributed by atoms with Crippen LogP contribution in [0.2, 0.25) is 0 Å². The van der Waals surface area contributed by atoms with Gasteiger partial charge in [-0.25, -0.2) is 9.79 Å². The monoisotopic (exact) mass is 705 g/mol. The average molecular weight is 706 g/mol. The van der Waals surface area contributed by atoms with Crippen LogP contribution in [0.4, 0.5) is 10.5 Å². The van der Waals surface area contributed by atoms with Gasteiger partial charge in [-0.1, -0.05) is 57.2 Å². The summed E-state index contributed by atoms with van der Waals surface area (Å²) in [4.78, 5) is 23.0. The fraction of sp³-hybridized carbons (Fsp3) is 0.463. The first-order valence-corrected chi connectivity index (χ1v) is 18.9. The number of hydrogen-bond acceptors (Lipinski definition) is 7. The van der Waals surface area contributed by atoms with Gasteiger partial charge in [0.05, 0.1) is 17.9 Å². The number of urea groups is 1. The van der Waals surface area contributed by atoms with E-state index in [-0.39, 0.29) is 29.1 Å². The van der Waals surface area contributed by atoms with Crippen molar-refractivity contribution in [3.8, 4) is 5.75 Å². The van der Waals surface area contributed by atoms with Gasteiger partial charge in [0.2, 0.25) is 5.96 Å². The number of fused-ring (bicyclic) bond motifs is 1. The van der Waals surface area contributed by atoms with E-state index in [0.717, 1.165) is 55.7 Å². The Morgan fingerprint density at radius 2 is 1.69 bits per heavy atom. The number of nitrogens with two attached hydrogens (primary N) is 1. The summed E-state index contributed by atoms with van der Waals surface area (Å²) in [5.74, 6) is 1.29. The molecule has 2 fully saturated rings. The highest BCUT2D eigenvalue weighted by molar-refractivity contribution is 6.05. The van der Waals surface area contributed by atoms with E-state index in [4.69, 9.17) is 26.3 Å². The van der Waals surface area contributed by atoms with Gasteiger partial charge < -0.3 is 25.6 Å². The highest BCUT2D eigenvalue weighted by Gasteiger charge is 2.30. The van der Waals surface area contributed by atoms with Gasteiger partial charge in [-0.3, -0.25) is 20.7 Å². The van der Waals surface area contributed by atoms with Gasteiger partial charge in [0.1, 0.15) is 23.2 Å². The molecular formula is C41H55N9O2. The first kappa shape index (κ1) is 36.9. The van der Waals surface area contributed by atoms with Crippen LogP contribution in [0.15, 0.2) is 83.6 Å². The second kappa shape index (κ2) is 16.6. The second-order valence-corrected chi connectivity index (χ2v) is 15.3. The molecule has 1 aliphatic carbocycles. The van der Waals surface area contributed by atoms with Crippen molar-refractivity contribution in [3.05, 3.63) is 101 Å². The van der Waals surface area contributed by atoms with Gasteiger partial charge in [-0.15, -0.1) is 0 Å². The zero-order valence-corrected chi connectivity index (χ0v) is 31.0. The van der Waals surface area contributed by atoms with Crippen molar-refractivity contribution in [2.45, 2.75) is 84.3 Å². The fourth-order valence-electron chi connectivity index (χ4n) is 7.16. The number of amidine groups is 1. The van der Waals surface area contributed by atoms with Crippen LogP contribution in [0.1, 0.15) is 94.6 Å². The summed E-state index contributed by atoms with van der Waals surface area (Å²) in [6, 6.07) is 19.1. The Bertz CT molecular complexity index is 1840. The van der Waals surface area contributed by atoms with E-state index in [1.54, 1.807) is 29.0 Å². The number of allylic oxidation sites excluding steroid dienone is 1. The molecule has 11 heteroatoms. The normalized spacial score (nSPS) is 19.9. The molecule has 0 spiro atoms. The SMILES string of the molecule is CC(C)(C)/C(N)=C/C(=Nc1cccc(CCN2CCCC2)c1)NC(=O)NC1CCC(Oc2ccc(=N)n(C(=N)N3CCCCC3)c2)c2ccccc21. The molecule has 0 bridgehead atoms. The third-order valence-corrected chi connectivity index (χ3v) is 10.3. The maximum atomic E-state index is 13.7. The first-order valence-electron chi connectivity index (χ1n) is 18.9. The van der Waals surface area contributed by atoms with Crippen molar-refractivity contribution in [3.63, 3.8) is 0 Å². The van der Waals surface area contributed by atoms with Gasteiger partial charge in [-0.2, -0.15) is 0 Å². The number of nitrogens with one attached hydrogen (secondary N) is 4. The quantitative estimate of drug-likeness (QED) is 0.130. The number of piperidine rings is 1. The Kier molecular flexibility index (Phi) is 11.8. The van der Waals surface area contributed by atoms with Crippen molar-refractivity contribution in [1.82, 2.24) is 25.0 Å². The van der Waals surface area contributed by atoms with Crippen LogP contribution >= 0.6 is 0 Å². The summed E-state index contributed by atoms with van der Waals surface area (Å²) in [5.41, 5.74) is 11.0. The van der Waals surface area contributed by atoms with Gasteiger partial charge in [0, 0.05) is 36.8 Å². The summed E-state index contributed by atoms with van der Waals surface area (Å²) < 4.78 is 8.13. The smallest absolute Gasteiger partial charge is 0.320 e. The van der Waals surface area contributed by atoms with Crippen molar-refractivity contribution in [2.24, 2.45) is 16.1 Å². The third-order valence-electron chi connectivity index (χ3n) is 10.3. The number of ether oxygens (including phenoxy) is 1. The molecule has 2 amide bonds. The molecule has 3 heterocycles. The number of pyridine rings is 1. The Hall–Kier alpha value is -4.90. The molecule has 52 heavy (non-hydrogen) atoms. The average Bonchev–Trinajstić information content (AvgIpc) is 3.66. The summed E-state index contributed by atoms with van der Waals surface area (Å²) in [6.45, 7) is 11.1. The molecule has 2 aromatic carbocycles. The zero-order chi connectivity index (χ0) is 36.7. The van der Waals surface area contributed by atoms with E-state index in [9.17, 15) is 4.79 Å². The lowest BCUT2D eigenvalue weighted by atomic mass is 9.85. The molecular weight excluding hydrogens is 651 g/mol. The Morgan fingerprint density at radius 3 is 2.44 bits per heavy atom. The number of aromatic nitrogens is 1. The molecule has 6 rings (SSSR count). The van der Waals surface area contributed by atoms with Crippen LogP contribution in [-0.2, 0) is 6.42 Å². The molecule has 0 radical (unpaired) electrons. The maximum absolute atomic E-state index is 13.7. The highest BCUT2D eigenvalue weighted by atomic mass is 16.5. The standard InChI is InChI=1S/C41H55N9O2/c1-41(2,3)36(42)27-38(45-30-13-11-12-29(26-30)20-25-48-21-9-10-22-48)47-40(51)46-34-17-18-35(33-15-6-5-14-32(33)34)52-31-16-19-37(43)50(28-31)39(44)49-23-7-4-8-24-49/h5-6,11-16,19,26-28,34-35,43-44H,4,7-10,17-18,20-25,42H2,1-3H3,(H2,45,46,47,51)/b36-27-,43-37?,44-39?.